The van der Waals surface area contributed by atoms with Crippen LogP contribution in [-0.4, -0.2) is 50.3 Å². The molecular weight excluding hydrogens is 407 g/mol. The minimum Gasteiger partial charge on any atom is -0.492 e. The second-order valence-corrected chi connectivity index (χ2v) is 8.39. The molecule has 0 spiro atoms. The number of thiazole rings is 1. The molecule has 2 atom stereocenters. The first-order valence-electron chi connectivity index (χ1n) is 10.3. The van der Waals surface area contributed by atoms with Gasteiger partial charge in [0.2, 0.25) is 10.8 Å². The zero-order valence-electron chi connectivity index (χ0n) is 17.0. The van der Waals surface area contributed by atoms with Crippen molar-refractivity contribution in [2.75, 3.05) is 19.7 Å². The molecule has 2 aromatic heterocycles. The molecular formula is C21H25FN4O3S. The van der Waals surface area contributed by atoms with Crippen molar-refractivity contribution in [3.8, 4) is 5.88 Å². The molecule has 1 fully saturated rings. The van der Waals surface area contributed by atoms with E-state index in [1.54, 1.807) is 25.1 Å². The molecule has 0 bridgehead atoms. The van der Waals surface area contributed by atoms with Crippen molar-refractivity contribution in [3.05, 3.63) is 46.3 Å². The lowest BCUT2D eigenvalue weighted by Crippen LogP contribution is -2.41. The standard InChI is InChI=1S/C21H25FN4O3S/c1-3-16-23-21-26(24-16)19(27)18(30-21)17(14-9-5-6-10-15(14)22)25-11-7-8-13(12-25)20(28)29-4-2/h5-6,9-10,13,17,27H,3-4,7-8,11-12H2,1-2H3/t13-,17+/m1/s1. The zero-order valence-corrected chi connectivity index (χ0v) is 17.9. The van der Waals surface area contributed by atoms with Gasteiger partial charge in [0.15, 0.2) is 5.82 Å². The number of hydrogen-bond donors (Lipinski definition) is 1. The monoisotopic (exact) mass is 432 g/mol. The highest BCUT2D eigenvalue weighted by Gasteiger charge is 2.36. The number of nitrogens with zero attached hydrogens (tertiary/aromatic N) is 4. The molecule has 1 aliphatic heterocycles. The molecule has 160 valence electrons. The van der Waals surface area contributed by atoms with Gasteiger partial charge >= 0.3 is 5.97 Å². The summed E-state index contributed by atoms with van der Waals surface area (Å²) in [5.74, 6) is -0.245. The van der Waals surface area contributed by atoms with Crippen LogP contribution in [0.15, 0.2) is 24.3 Å². The number of aromatic hydroxyl groups is 1. The van der Waals surface area contributed by atoms with Crippen LogP contribution in [0.25, 0.3) is 4.96 Å². The number of fused-ring (bicyclic) bond motifs is 1. The summed E-state index contributed by atoms with van der Waals surface area (Å²) in [6, 6.07) is 6.02. The van der Waals surface area contributed by atoms with Gasteiger partial charge in [-0.25, -0.2) is 9.37 Å². The van der Waals surface area contributed by atoms with Gasteiger partial charge in [-0.15, -0.1) is 5.10 Å². The third kappa shape index (κ3) is 3.79. The molecule has 0 radical (unpaired) electrons. The Hall–Kier alpha value is -2.52. The highest BCUT2D eigenvalue weighted by molar-refractivity contribution is 7.17. The lowest BCUT2D eigenvalue weighted by atomic mass is 9.94. The summed E-state index contributed by atoms with van der Waals surface area (Å²) in [4.78, 5) is 20.0. The van der Waals surface area contributed by atoms with Crippen molar-refractivity contribution in [2.45, 2.75) is 39.2 Å². The summed E-state index contributed by atoms with van der Waals surface area (Å²) < 4.78 is 21.5. The lowest BCUT2D eigenvalue weighted by Gasteiger charge is -2.37. The molecule has 3 heterocycles. The van der Waals surface area contributed by atoms with Crippen molar-refractivity contribution in [1.82, 2.24) is 19.5 Å². The SMILES string of the molecule is CCOC(=O)[C@@H]1CCCN([C@@H](c2ccccc2F)c2sc3nc(CC)nn3c2O)C1. The molecule has 30 heavy (non-hydrogen) atoms. The van der Waals surface area contributed by atoms with E-state index in [4.69, 9.17) is 4.74 Å². The van der Waals surface area contributed by atoms with Gasteiger partial charge in [0, 0.05) is 18.5 Å². The zero-order chi connectivity index (χ0) is 21.3. The van der Waals surface area contributed by atoms with E-state index in [0.717, 1.165) is 12.8 Å². The highest BCUT2D eigenvalue weighted by Crippen LogP contribution is 2.42. The van der Waals surface area contributed by atoms with Crippen LogP contribution in [0, 0.1) is 11.7 Å². The van der Waals surface area contributed by atoms with Gasteiger partial charge in [-0.05, 0) is 32.4 Å². The summed E-state index contributed by atoms with van der Waals surface area (Å²) in [6.45, 7) is 5.19. The molecule has 3 aromatic rings. The van der Waals surface area contributed by atoms with Gasteiger partial charge in [-0.2, -0.15) is 4.52 Å². The van der Waals surface area contributed by atoms with Crippen LogP contribution in [0.5, 0.6) is 5.88 Å². The van der Waals surface area contributed by atoms with E-state index in [9.17, 15) is 14.3 Å². The van der Waals surface area contributed by atoms with Crippen LogP contribution in [0.3, 0.4) is 0 Å². The van der Waals surface area contributed by atoms with Crippen molar-refractivity contribution in [2.24, 2.45) is 5.92 Å². The smallest absolute Gasteiger partial charge is 0.310 e. The fourth-order valence-electron chi connectivity index (χ4n) is 4.01. The number of likely N-dealkylation sites (tertiary alicyclic amines) is 1. The van der Waals surface area contributed by atoms with Crippen LogP contribution in [0.1, 0.15) is 49.0 Å². The third-order valence-corrected chi connectivity index (χ3v) is 6.52. The van der Waals surface area contributed by atoms with E-state index >= 15 is 0 Å². The van der Waals surface area contributed by atoms with E-state index in [0.29, 0.717) is 47.3 Å². The topological polar surface area (TPSA) is 80.0 Å². The molecule has 1 saturated heterocycles. The number of carbonyl (C=O) groups is 1. The number of carbonyl (C=O) groups excluding carboxylic acids is 1. The predicted molar refractivity (Wildman–Crippen MR) is 111 cm³/mol. The number of halogens is 1. The fraction of sp³-hybridized carbons (Fsp3) is 0.476. The summed E-state index contributed by atoms with van der Waals surface area (Å²) >= 11 is 1.30. The summed E-state index contributed by atoms with van der Waals surface area (Å²) in [6.07, 6.45) is 2.18. The van der Waals surface area contributed by atoms with Crippen LogP contribution in [0.2, 0.25) is 0 Å². The molecule has 7 nitrogen and oxygen atoms in total. The molecule has 1 N–H and O–H groups in total. The van der Waals surface area contributed by atoms with Gasteiger partial charge in [0.1, 0.15) is 5.82 Å². The molecule has 4 rings (SSSR count). The van der Waals surface area contributed by atoms with Crippen molar-refractivity contribution < 1.29 is 19.0 Å². The second-order valence-electron chi connectivity index (χ2n) is 7.38. The van der Waals surface area contributed by atoms with E-state index in [1.807, 2.05) is 6.92 Å². The number of piperidine rings is 1. The quantitative estimate of drug-likeness (QED) is 0.600. The fourth-order valence-corrected chi connectivity index (χ4v) is 5.14. The van der Waals surface area contributed by atoms with Gasteiger partial charge in [0.25, 0.3) is 0 Å². The van der Waals surface area contributed by atoms with Crippen LogP contribution < -0.4 is 0 Å². The van der Waals surface area contributed by atoms with Crippen LogP contribution in [-0.2, 0) is 16.0 Å². The van der Waals surface area contributed by atoms with E-state index < -0.39 is 6.04 Å². The number of benzene rings is 1. The summed E-state index contributed by atoms with van der Waals surface area (Å²) in [7, 11) is 0. The van der Waals surface area contributed by atoms with Gasteiger partial charge in [-0.1, -0.05) is 36.5 Å². The first-order valence-corrected chi connectivity index (χ1v) is 11.1. The molecule has 9 heteroatoms. The molecule has 0 unspecified atom stereocenters. The maximum Gasteiger partial charge on any atom is 0.310 e. The minimum atomic E-state index is -0.540. The van der Waals surface area contributed by atoms with Gasteiger partial charge < -0.3 is 9.84 Å². The van der Waals surface area contributed by atoms with E-state index in [1.165, 1.54) is 21.9 Å². The Balaban J connectivity index is 1.76. The number of aromatic nitrogens is 3. The predicted octanol–water partition coefficient (Wildman–Crippen LogP) is 3.56. The Morgan fingerprint density at radius 3 is 2.90 bits per heavy atom. The van der Waals surface area contributed by atoms with Crippen molar-refractivity contribution >= 4 is 22.3 Å². The van der Waals surface area contributed by atoms with Crippen LogP contribution >= 0.6 is 11.3 Å². The number of ether oxygens (including phenoxy) is 1. The maximum atomic E-state index is 14.9. The minimum absolute atomic E-state index is 0.0336. The Kier molecular flexibility index (Phi) is 6.01. The number of esters is 1. The average molecular weight is 433 g/mol. The van der Waals surface area contributed by atoms with Gasteiger partial charge in [-0.3, -0.25) is 9.69 Å². The molecule has 0 saturated carbocycles. The third-order valence-electron chi connectivity index (χ3n) is 5.45. The lowest BCUT2D eigenvalue weighted by molar-refractivity contribution is -0.150. The Morgan fingerprint density at radius 1 is 1.40 bits per heavy atom. The summed E-state index contributed by atoms with van der Waals surface area (Å²) in [5, 5.41) is 15.3. The molecule has 1 aromatic carbocycles. The number of hydrogen-bond acceptors (Lipinski definition) is 7. The Morgan fingerprint density at radius 2 is 2.20 bits per heavy atom. The molecule has 0 amide bonds. The second kappa shape index (κ2) is 8.69. The first kappa shape index (κ1) is 20.7. The Labute approximate surface area is 178 Å². The first-order chi connectivity index (χ1) is 14.5. The number of aryl methyl sites for hydroxylation is 1. The highest BCUT2D eigenvalue weighted by atomic mass is 32.1. The maximum absolute atomic E-state index is 14.9. The Bertz CT molecular complexity index is 1050. The molecule has 0 aliphatic carbocycles. The molecule has 1 aliphatic rings. The largest absolute Gasteiger partial charge is 0.492 e. The van der Waals surface area contributed by atoms with Crippen LogP contribution in [0.4, 0.5) is 4.39 Å². The van der Waals surface area contributed by atoms with Gasteiger partial charge in [0.05, 0.1) is 23.4 Å². The number of rotatable bonds is 6. The van der Waals surface area contributed by atoms with E-state index in [-0.39, 0.29) is 23.6 Å². The van der Waals surface area contributed by atoms with Crippen molar-refractivity contribution in [3.63, 3.8) is 0 Å². The average Bonchev–Trinajstić information content (AvgIpc) is 3.29. The van der Waals surface area contributed by atoms with E-state index in [2.05, 4.69) is 15.0 Å². The summed E-state index contributed by atoms with van der Waals surface area (Å²) in [5.41, 5.74) is 0.456. The van der Waals surface area contributed by atoms with Crippen molar-refractivity contribution in [1.29, 1.82) is 0 Å². The normalized spacial score (nSPS) is 18.6.